The molecule has 2 N–H and O–H groups in total. The number of Topliss-reactive ketones (excluding diaryl/α,β-unsaturated/α-hetero) is 1. The van der Waals surface area contributed by atoms with Gasteiger partial charge in [0.15, 0.2) is 0 Å². The quantitative estimate of drug-likeness (QED) is 0.165. The molecule has 0 radical (unpaired) electrons. The van der Waals surface area contributed by atoms with Crippen LogP contribution in [-0.4, -0.2) is 67.0 Å². The molecule has 0 saturated carbocycles. The van der Waals surface area contributed by atoms with Crippen LogP contribution in [0, 0.1) is 5.82 Å². The third-order valence-corrected chi connectivity index (χ3v) is 4.85. The van der Waals surface area contributed by atoms with Gasteiger partial charge in [0.1, 0.15) is 5.82 Å². The smallest absolute Gasteiger partial charge is 0.870 e. The summed E-state index contributed by atoms with van der Waals surface area (Å²) >= 11 is 5.97. The summed E-state index contributed by atoms with van der Waals surface area (Å²) in [5.41, 5.74) is 1.80. The number of aromatic nitrogens is 4. The van der Waals surface area contributed by atoms with E-state index in [1.165, 1.54) is 23.1 Å². The average Bonchev–Trinajstić information content (AvgIpc) is 3.24. The van der Waals surface area contributed by atoms with Crippen molar-refractivity contribution in [3.8, 4) is 11.1 Å². The molecule has 0 spiro atoms. The van der Waals surface area contributed by atoms with E-state index in [-0.39, 0.29) is 62.1 Å². The summed E-state index contributed by atoms with van der Waals surface area (Å²) in [5.74, 6) is -0.727. The topological polar surface area (TPSA) is 131 Å². The number of hydrogen-bond donors (Lipinski definition) is 1. The second-order valence-corrected chi connectivity index (χ2v) is 7.46. The van der Waals surface area contributed by atoms with Crippen molar-refractivity contribution in [2.75, 3.05) is 13.1 Å². The molecule has 1 heterocycles. The predicted molar refractivity (Wildman–Crippen MR) is 118 cm³/mol. The van der Waals surface area contributed by atoms with Gasteiger partial charge in [0.2, 0.25) is 11.6 Å². The van der Waals surface area contributed by atoms with Crippen LogP contribution in [0.4, 0.5) is 4.39 Å². The van der Waals surface area contributed by atoms with Gasteiger partial charge in [0.05, 0.1) is 13.1 Å². The van der Waals surface area contributed by atoms with Crippen LogP contribution in [-0.2, 0) is 17.9 Å². The van der Waals surface area contributed by atoms with Crippen LogP contribution in [0.5, 0.6) is 0 Å². The Morgan fingerprint density at radius 1 is 1.29 bits per heavy atom. The minimum absolute atomic E-state index is 0. The Morgan fingerprint density at radius 2 is 2.00 bits per heavy atom. The molecule has 1 atom stereocenters. The average molecular weight is 481 g/mol. The first-order valence-corrected chi connectivity index (χ1v) is 10.0. The number of benzene rings is 2. The molecule has 174 valence electrons. The van der Waals surface area contributed by atoms with E-state index < -0.39 is 11.9 Å². The molecule has 3 aromatic rings. The maximum Gasteiger partial charge on any atom is 1.00 e. The summed E-state index contributed by atoms with van der Waals surface area (Å²) < 4.78 is 15.4. The van der Waals surface area contributed by atoms with Crippen LogP contribution >= 0.6 is 11.6 Å². The zero-order chi connectivity index (χ0) is 23.1. The van der Waals surface area contributed by atoms with E-state index in [9.17, 15) is 19.1 Å². The van der Waals surface area contributed by atoms with E-state index in [4.69, 9.17) is 11.6 Å². The fourth-order valence-electron chi connectivity index (χ4n) is 3.16. The minimum Gasteiger partial charge on any atom is -0.870 e. The molecule has 0 aliphatic carbocycles. The van der Waals surface area contributed by atoms with Crippen LogP contribution < -0.4 is 18.9 Å². The van der Waals surface area contributed by atoms with Crippen molar-refractivity contribution in [2.45, 2.75) is 19.2 Å². The molecule has 0 aliphatic rings. The number of carbonyl (C=O) groups is 1. The van der Waals surface area contributed by atoms with Gasteiger partial charge in [-0.1, -0.05) is 41.9 Å². The standard InChI is InChI=1S/C22H20ClFN5O3.Li.H2O/c1-2-9-29-22(25-26-27-29)21(32)13-28(12-18(31)14-30)11-15-3-5-16(6-4-15)19-10-17(23)7-8-20(19)24;;/h2-8,10,18,31H,1,9,11-13H2;;1H2/q-1;+1;/p-1/t18-;;/m1../s1. The van der Waals surface area contributed by atoms with Crippen LogP contribution in [0.15, 0.2) is 55.1 Å². The molecular formula is C22H21ClFLiN5O4-. The number of aliphatic hydroxyl groups excluding tert-OH is 1. The first-order chi connectivity index (χ1) is 15.4. The fraction of sp³-hybridized carbons (Fsp3) is 0.227. The van der Waals surface area contributed by atoms with Crippen molar-refractivity contribution in [1.29, 1.82) is 0 Å². The second-order valence-electron chi connectivity index (χ2n) is 7.02. The largest absolute Gasteiger partial charge is 1.00 e. The molecular weight excluding hydrogens is 460 g/mol. The molecule has 1 aromatic heterocycles. The Kier molecular flexibility index (Phi) is 12.0. The summed E-state index contributed by atoms with van der Waals surface area (Å²) in [4.78, 5) is 25.1. The molecule has 9 nitrogen and oxygen atoms in total. The van der Waals surface area contributed by atoms with Crippen molar-refractivity contribution in [2.24, 2.45) is 0 Å². The molecule has 3 rings (SSSR count). The van der Waals surface area contributed by atoms with Crippen molar-refractivity contribution in [3.63, 3.8) is 0 Å². The molecule has 0 aliphatic heterocycles. The van der Waals surface area contributed by atoms with Gasteiger partial charge in [-0.3, -0.25) is 9.69 Å². The summed E-state index contributed by atoms with van der Waals surface area (Å²) in [6, 6.07) is 11.3. The Labute approximate surface area is 212 Å². The summed E-state index contributed by atoms with van der Waals surface area (Å²) in [7, 11) is 0. The molecule has 34 heavy (non-hydrogen) atoms. The van der Waals surface area contributed by atoms with E-state index >= 15 is 0 Å². The third-order valence-electron chi connectivity index (χ3n) is 4.62. The van der Waals surface area contributed by atoms with Gasteiger partial charge in [-0.15, -0.1) is 11.7 Å². The van der Waals surface area contributed by atoms with E-state index in [1.807, 2.05) is 0 Å². The number of nitrogens with zero attached hydrogens (tertiary/aromatic N) is 5. The molecule has 0 unspecified atom stereocenters. The number of allylic oxidation sites excluding steroid dienone is 1. The Balaban J connectivity index is 0.00000289. The van der Waals surface area contributed by atoms with Gasteiger partial charge < -0.3 is 15.4 Å². The zero-order valence-corrected chi connectivity index (χ0v) is 19.2. The first-order valence-electron chi connectivity index (χ1n) is 9.64. The first kappa shape index (κ1) is 29.3. The molecule has 2 aromatic carbocycles. The fourth-order valence-corrected chi connectivity index (χ4v) is 3.33. The van der Waals surface area contributed by atoms with Gasteiger partial charge in [0.25, 0.3) is 0 Å². The normalized spacial score (nSPS) is 11.3. The molecule has 0 amide bonds. The second kappa shape index (κ2) is 13.9. The van der Waals surface area contributed by atoms with Crippen molar-refractivity contribution in [3.05, 3.63) is 77.3 Å². The van der Waals surface area contributed by atoms with Gasteiger partial charge in [-0.05, 0) is 45.9 Å². The van der Waals surface area contributed by atoms with Crippen LogP contribution in [0.25, 0.3) is 11.1 Å². The third kappa shape index (κ3) is 7.67. The summed E-state index contributed by atoms with van der Waals surface area (Å²) in [6.45, 7) is 3.86. The van der Waals surface area contributed by atoms with Crippen molar-refractivity contribution >= 4 is 23.7 Å². The Bertz CT molecular complexity index is 1110. The SMILES string of the molecule is C=CCn1nnnc1C(=O)CN(Cc1ccc(-c2cc(Cl)ccc2F)cc1)C[C@@H](O)[C-]=O.[Li+].[OH-]. The van der Waals surface area contributed by atoms with Gasteiger partial charge in [-0.2, -0.15) is 0 Å². The number of hydrogen-bond acceptors (Lipinski definition) is 8. The number of rotatable bonds is 11. The maximum atomic E-state index is 14.1. The molecule has 0 bridgehead atoms. The number of carbonyl (C=O) groups excluding carboxylic acids is 2. The maximum absolute atomic E-state index is 14.1. The van der Waals surface area contributed by atoms with E-state index in [1.54, 1.807) is 41.3 Å². The van der Waals surface area contributed by atoms with Crippen LogP contribution in [0.1, 0.15) is 16.2 Å². The summed E-state index contributed by atoms with van der Waals surface area (Å²) in [5, 5.41) is 21.2. The zero-order valence-electron chi connectivity index (χ0n) is 18.4. The van der Waals surface area contributed by atoms with Crippen molar-refractivity contribution in [1.82, 2.24) is 25.1 Å². The molecule has 12 heteroatoms. The molecule has 0 saturated heterocycles. The number of tetrazole rings is 1. The predicted octanol–water partition coefficient (Wildman–Crippen LogP) is -0.699. The summed E-state index contributed by atoms with van der Waals surface area (Å²) in [6.07, 6.45) is 1.68. The number of aliphatic hydroxyl groups is 1. The minimum atomic E-state index is -1.38. The number of halogens is 2. The van der Waals surface area contributed by atoms with Gasteiger partial charge in [-0.25, -0.2) is 15.4 Å². The molecule has 0 fully saturated rings. The van der Waals surface area contributed by atoms with E-state index in [0.717, 1.165) is 5.56 Å². The van der Waals surface area contributed by atoms with E-state index in [2.05, 4.69) is 22.1 Å². The monoisotopic (exact) mass is 480 g/mol. The Morgan fingerprint density at radius 3 is 2.65 bits per heavy atom. The van der Waals surface area contributed by atoms with Gasteiger partial charge in [0, 0.05) is 23.7 Å². The number of ketones is 1. The van der Waals surface area contributed by atoms with Crippen LogP contribution in [0.2, 0.25) is 5.02 Å². The Hall–Kier alpha value is -2.71. The van der Waals surface area contributed by atoms with E-state index in [0.29, 0.717) is 16.1 Å². The van der Waals surface area contributed by atoms with Crippen molar-refractivity contribution < 1.29 is 43.4 Å². The van der Waals surface area contributed by atoms with Gasteiger partial charge >= 0.3 is 18.9 Å². The van der Waals surface area contributed by atoms with Crippen LogP contribution in [0.3, 0.4) is 0 Å².